The Labute approximate surface area is 183 Å². The van der Waals surface area contributed by atoms with Crippen LogP contribution in [0.5, 0.6) is 0 Å². The van der Waals surface area contributed by atoms with E-state index in [1.807, 2.05) is 25.1 Å². The first-order valence-corrected chi connectivity index (χ1v) is 10.4. The van der Waals surface area contributed by atoms with Gasteiger partial charge in [-0.2, -0.15) is 5.10 Å². The quantitative estimate of drug-likeness (QED) is 0.584. The van der Waals surface area contributed by atoms with Crippen LogP contribution in [0.3, 0.4) is 0 Å². The number of rotatable bonds is 5. The number of H-pyrrole nitrogens is 1. The lowest BCUT2D eigenvalue weighted by Crippen LogP contribution is -2.44. The van der Waals surface area contributed by atoms with E-state index in [4.69, 9.17) is 0 Å². The highest BCUT2D eigenvalue weighted by Gasteiger charge is 2.41. The summed E-state index contributed by atoms with van der Waals surface area (Å²) in [5, 5.41) is 16.5. The number of nitrogens with zero attached hydrogens (tertiary/aromatic N) is 1. The van der Waals surface area contributed by atoms with Gasteiger partial charge in [0, 0.05) is 43.0 Å². The number of benzene rings is 1. The van der Waals surface area contributed by atoms with Crippen molar-refractivity contribution >= 4 is 29.9 Å². The summed E-state index contributed by atoms with van der Waals surface area (Å²) in [5.41, 5.74) is 4.99. The molecule has 0 saturated heterocycles. The maximum Gasteiger partial charge on any atom is 0.272 e. The van der Waals surface area contributed by atoms with Gasteiger partial charge in [0.25, 0.3) is 5.91 Å². The monoisotopic (exact) mass is 431 g/mol. The molecular formula is C22H30ClN5O2. The average molecular weight is 432 g/mol. The number of hydrogen-bond acceptors (Lipinski definition) is 4. The fraction of sp³-hybridized carbons (Fsp3) is 0.500. The lowest BCUT2D eigenvalue weighted by atomic mass is 9.84. The van der Waals surface area contributed by atoms with Crippen LogP contribution < -0.4 is 16.0 Å². The van der Waals surface area contributed by atoms with E-state index in [1.165, 1.54) is 5.56 Å². The van der Waals surface area contributed by atoms with Crippen molar-refractivity contribution in [1.82, 2.24) is 20.8 Å². The zero-order valence-corrected chi connectivity index (χ0v) is 18.4. The van der Waals surface area contributed by atoms with Crippen molar-refractivity contribution in [3.63, 3.8) is 0 Å². The highest BCUT2D eigenvalue weighted by molar-refractivity contribution is 5.97. The van der Waals surface area contributed by atoms with Crippen LogP contribution in [-0.4, -0.2) is 35.1 Å². The van der Waals surface area contributed by atoms with Crippen LogP contribution in [0.15, 0.2) is 18.2 Å². The summed E-state index contributed by atoms with van der Waals surface area (Å²) in [4.78, 5) is 26.0. The number of hydrogen-bond donors (Lipinski definition) is 4. The van der Waals surface area contributed by atoms with Crippen molar-refractivity contribution < 1.29 is 9.59 Å². The number of carbonyl (C=O) groups excluding carboxylic acids is 2. The number of anilines is 1. The summed E-state index contributed by atoms with van der Waals surface area (Å²) in [7, 11) is 0. The topological polar surface area (TPSA) is 98.9 Å². The van der Waals surface area contributed by atoms with Crippen molar-refractivity contribution in [3.05, 3.63) is 46.3 Å². The lowest BCUT2D eigenvalue weighted by molar-refractivity contribution is -0.125. The van der Waals surface area contributed by atoms with Gasteiger partial charge >= 0.3 is 0 Å². The Morgan fingerprint density at radius 2 is 1.93 bits per heavy atom. The molecule has 0 bridgehead atoms. The number of aryl methyl sites for hydroxylation is 2. The number of carbonyl (C=O) groups is 2. The van der Waals surface area contributed by atoms with E-state index in [0.717, 1.165) is 61.2 Å². The van der Waals surface area contributed by atoms with E-state index in [1.54, 1.807) is 0 Å². The summed E-state index contributed by atoms with van der Waals surface area (Å²) in [6.07, 6.45) is 4.40. The minimum absolute atomic E-state index is 0. The third-order valence-electron chi connectivity index (χ3n) is 6.42. The fourth-order valence-corrected chi connectivity index (χ4v) is 4.37. The van der Waals surface area contributed by atoms with Gasteiger partial charge < -0.3 is 16.0 Å². The number of aromatic nitrogens is 2. The second-order valence-electron chi connectivity index (χ2n) is 8.38. The second kappa shape index (κ2) is 9.18. The molecular weight excluding hydrogens is 402 g/mol. The Bertz CT molecular complexity index is 934. The van der Waals surface area contributed by atoms with Crippen molar-refractivity contribution in [1.29, 1.82) is 0 Å². The largest absolute Gasteiger partial charge is 0.350 e. The van der Waals surface area contributed by atoms with Gasteiger partial charge in [0.15, 0.2) is 5.69 Å². The summed E-state index contributed by atoms with van der Waals surface area (Å²) in [5.74, 6) is -0.222. The molecule has 0 radical (unpaired) electrons. The zero-order valence-electron chi connectivity index (χ0n) is 17.6. The molecule has 8 heteroatoms. The summed E-state index contributed by atoms with van der Waals surface area (Å²) in [6.45, 7) is 5.96. The minimum Gasteiger partial charge on any atom is -0.350 e. The number of fused-ring (bicyclic) bond motifs is 1. The van der Waals surface area contributed by atoms with Crippen LogP contribution in [0.1, 0.15) is 58.6 Å². The number of nitrogens with one attached hydrogen (secondary N) is 4. The van der Waals surface area contributed by atoms with E-state index in [9.17, 15) is 9.59 Å². The third-order valence-corrected chi connectivity index (χ3v) is 6.42. The standard InChI is InChI=1S/C22H29N5O2.ClH/c1-14-5-6-16(11-15(14)2)25-21(29)22(8-3-4-9-22)13-24-20(28)19-17-12-23-10-7-18(17)26-27-19;/h5-6,11,23H,3-4,7-10,12-13H2,1-2H3,(H,24,28)(H,25,29)(H,26,27);1H. The average Bonchev–Trinajstić information content (AvgIpc) is 3.37. The van der Waals surface area contributed by atoms with Gasteiger partial charge in [-0.15, -0.1) is 12.4 Å². The second-order valence-corrected chi connectivity index (χ2v) is 8.38. The molecule has 1 saturated carbocycles. The minimum atomic E-state index is -0.566. The van der Waals surface area contributed by atoms with Crippen LogP contribution in [0.2, 0.25) is 0 Å². The third kappa shape index (κ3) is 4.37. The van der Waals surface area contributed by atoms with Crippen LogP contribution in [0.4, 0.5) is 5.69 Å². The van der Waals surface area contributed by atoms with Crippen LogP contribution in [0, 0.1) is 19.3 Å². The van der Waals surface area contributed by atoms with Crippen molar-refractivity contribution in [2.45, 2.75) is 52.5 Å². The molecule has 1 aliphatic carbocycles. The molecule has 1 aromatic carbocycles. The van der Waals surface area contributed by atoms with Gasteiger partial charge in [0.1, 0.15) is 0 Å². The molecule has 162 valence electrons. The number of amides is 2. The van der Waals surface area contributed by atoms with E-state index in [-0.39, 0.29) is 24.2 Å². The van der Waals surface area contributed by atoms with E-state index in [2.05, 4.69) is 33.1 Å². The SMILES string of the molecule is Cc1ccc(NC(=O)C2(CNC(=O)c3n[nH]c4c3CNCC4)CCCC2)cc1C.Cl. The molecule has 0 atom stereocenters. The predicted octanol–water partition coefficient (Wildman–Crippen LogP) is 3.02. The molecule has 1 aliphatic heterocycles. The molecule has 7 nitrogen and oxygen atoms in total. The number of halogens is 1. The zero-order chi connectivity index (χ0) is 20.4. The molecule has 2 amide bonds. The molecule has 2 heterocycles. The van der Waals surface area contributed by atoms with Crippen molar-refractivity contribution in [3.8, 4) is 0 Å². The summed E-state index contributed by atoms with van der Waals surface area (Å²) >= 11 is 0. The molecule has 0 spiro atoms. The maximum absolute atomic E-state index is 13.2. The van der Waals surface area contributed by atoms with E-state index in [0.29, 0.717) is 18.8 Å². The first kappa shape index (κ1) is 22.3. The fourth-order valence-electron chi connectivity index (χ4n) is 4.37. The van der Waals surface area contributed by atoms with Gasteiger partial charge in [-0.3, -0.25) is 14.7 Å². The molecule has 0 unspecified atom stereocenters. The first-order valence-electron chi connectivity index (χ1n) is 10.4. The van der Waals surface area contributed by atoms with E-state index < -0.39 is 5.41 Å². The molecule has 4 rings (SSSR count). The van der Waals surface area contributed by atoms with Gasteiger partial charge in [0.2, 0.25) is 5.91 Å². The molecule has 2 aromatic rings. The first-order chi connectivity index (χ1) is 14.0. The van der Waals surface area contributed by atoms with Gasteiger partial charge in [-0.05, 0) is 49.9 Å². The molecule has 2 aliphatic rings. The molecule has 1 fully saturated rings. The Hall–Kier alpha value is -2.38. The predicted molar refractivity (Wildman–Crippen MR) is 119 cm³/mol. The Morgan fingerprint density at radius 1 is 1.17 bits per heavy atom. The van der Waals surface area contributed by atoms with Crippen molar-refractivity contribution in [2.75, 3.05) is 18.4 Å². The van der Waals surface area contributed by atoms with Crippen LogP contribution in [-0.2, 0) is 17.8 Å². The molecule has 30 heavy (non-hydrogen) atoms. The Balaban J connectivity index is 0.00000256. The lowest BCUT2D eigenvalue weighted by Gasteiger charge is -2.28. The van der Waals surface area contributed by atoms with Gasteiger partial charge in [-0.25, -0.2) is 0 Å². The summed E-state index contributed by atoms with van der Waals surface area (Å²) < 4.78 is 0. The molecule has 4 N–H and O–H groups in total. The summed E-state index contributed by atoms with van der Waals surface area (Å²) in [6, 6.07) is 5.95. The van der Waals surface area contributed by atoms with Crippen molar-refractivity contribution in [2.24, 2.45) is 5.41 Å². The normalized spacial score (nSPS) is 17.0. The highest BCUT2D eigenvalue weighted by atomic mass is 35.5. The molecule has 1 aromatic heterocycles. The Morgan fingerprint density at radius 3 is 2.67 bits per heavy atom. The van der Waals surface area contributed by atoms with E-state index >= 15 is 0 Å². The van der Waals surface area contributed by atoms with Gasteiger partial charge in [-0.1, -0.05) is 18.9 Å². The smallest absolute Gasteiger partial charge is 0.272 e. The number of aromatic amines is 1. The van der Waals surface area contributed by atoms with Crippen LogP contribution in [0.25, 0.3) is 0 Å². The maximum atomic E-state index is 13.2. The Kier molecular flexibility index (Phi) is 6.83. The highest BCUT2D eigenvalue weighted by Crippen LogP contribution is 2.39. The van der Waals surface area contributed by atoms with Crippen LogP contribution >= 0.6 is 12.4 Å². The van der Waals surface area contributed by atoms with Gasteiger partial charge in [0.05, 0.1) is 5.41 Å².